The minimum atomic E-state index is -0.777. The number of esters is 2. The Morgan fingerprint density at radius 3 is 1.92 bits per heavy atom. The molecule has 0 atom stereocenters. The molecule has 0 spiro atoms. The van der Waals surface area contributed by atoms with E-state index < -0.39 is 17.6 Å². The number of unbranched alkanes of at least 4 members (excludes halogenated alkanes) is 5. The Morgan fingerprint density at radius 1 is 0.840 bits per heavy atom. The molecule has 1 aromatic carbocycles. The van der Waals surface area contributed by atoms with Gasteiger partial charge in [0.25, 0.3) is 0 Å². The fourth-order valence-corrected chi connectivity index (χ4v) is 2.30. The van der Waals surface area contributed by atoms with Crippen LogP contribution in [0, 0.1) is 11.6 Å². The molecule has 0 heterocycles. The maximum absolute atomic E-state index is 13.0. The second-order valence-corrected chi connectivity index (χ2v) is 5.92. The molecule has 0 amide bonds. The summed E-state index contributed by atoms with van der Waals surface area (Å²) >= 11 is 0. The molecule has 0 bridgehead atoms. The standard InChI is InChI=1S/C19H26F2O4/c1-2-11-24-18(22)9-7-5-3-4-6-8-10-19(23)25-17-13-15(20)12-16(21)14-17/h12-14H,2-11H2,1H3. The van der Waals surface area contributed by atoms with Crippen LogP contribution in [0.1, 0.15) is 64.7 Å². The van der Waals surface area contributed by atoms with Crippen molar-refractivity contribution in [2.45, 2.75) is 64.7 Å². The van der Waals surface area contributed by atoms with E-state index in [0.29, 0.717) is 19.4 Å². The molecule has 1 aromatic rings. The van der Waals surface area contributed by atoms with Gasteiger partial charge in [-0.2, -0.15) is 0 Å². The molecule has 25 heavy (non-hydrogen) atoms. The number of ether oxygens (including phenoxy) is 2. The Labute approximate surface area is 147 Å². The van der Waals surface area contributed by atoms with E-state index in [2.05, 4.69) is 0 Å². The van der Waals surface area contributed by atoms with Crippen LogP contribution in [0.15, 0.2) is 18.2 Å². The van der Waals surface area contributed by atoms with Crippen LogP contribution in [0.25, 0.3) is 0 Å². The third-order valence-corrected chi connectivity index (χ3v) is 3.55. The summed E-state index contributed by atoms with van der Waals surface area (Å²) in [7, 11) is 0. The molecular weight excluding hydrogens is 330 g/mol. The Bertz CT molecular complexity index is 526. The first-order chi connectivity index (χ1) is 12.0. The van der Waals surface area contributed by atoms with Gasteiger partial charge in [0, 0.05) is 31.0 Å². The lowest BCUT2D eigenvalue weighted by molar-refractivity contribution is -0.143. The highest BCUT2D eigenvalue weighted by Gasteiger charge is 2.08. The molecule has 4 nitrogen and oxygen atoms in total. The first kappa shape index (κ1) is 21.1. The lowest BCUT2D eigenvalue weighted by Crippen LogP contribution is -2.08. The highest BCUT2D eigenvalue weighted by atomic mass is 19.1. The molecule has 0 unspecified atom stereocenters. The Morgan fingerprint density at radius 2 is 1.36 bits per heavy atom. The van der Waals surface area contributed by atoms with E-state index in [9.17, 15) is 18.4 Å². The van der Waals surface area contributed by atoms with Gasteiger partial charge in [-0.15, -0.1) is 0 Å². The molecule has 0 N–H and O–H groups in total. The van der Waals surface area contributed by atoms with Crippen LogP contribution in [0.3, 0.4) is 0 Å². The summed E-state index contributed by atoms with van der Waals surface area (Å²) in [6.07, 6.45) is 6.75. The number of rotatable bonds is 12. The average Bonchev–Trinajstić information content (AvgIpc) is 2.54. The normalized spacial score (nSPS) is 10.5. The van der Waals surface area contributed by atoms with Gasteiger partial charge >= 0.3 is 11.9 Å². The second-order valence-electron chi connectivity index (χ2n) is 5.92. The fourth-order valence-electron chi connectivity index (χ4n) is 2.30. The van der Waals surface area contributed by atoms with Crippen LogP contribution < -0.4 is 4.74 Å². The minimum Gasteiger partial charge on any atom is -0.466 e. The first-order valence-electron chi connectivity index (χ1n) is 8.83. The molecular formula is C19H26F2O4. The van der Waals surface area contributed by atoms with Crippen LogP contribution in [0.4, 0.5) is 8.78 Å². The molecule has 0 aromatic heterocycles. The van der Waals surface area contributed by atoms with E-state index in [1.165, 1.54) is 0 Å². The molecule has 0 saturated heterocycles. The minimum absolute atomic E-state index is 0.113. The molecule has 0 aliphatic rings. The Balaban J connectivity index is 2.02. The third-order valence-electron chi connectivity index (χ3n) is 3.55. The summed E-state index contributed by atoms with van der Waals surface area (Å²) in [5.74, 6) is -2.30. The largest absolute Gasteiger partial charge is 0.466 e. The van der Waals surface area contributed by atoms with E-state index in [1.54, 1.807) is 0 Å². The number of hydrogen-bond acceptors (Lipinski definition) is 4. The zero-order chi connectivity index (χ0) is 18.5. The van der Waals surface area contributed by atoms with Crippen LogP contribution in [0.2, 0.25) is 0 Å². The first-order valence-corrected chi connectivity index (χ1v) is 8.83. The van der Waals surface area contributed by atoms with Crippen LogP contribution in [0.5, 0.6) is 5.75 Å². The zero-order valence-electron chi connectivity index (χ0n) is 14.7. The van der Waals surface area contributed by atoms with E-state index in [0.717, 1.165) is 56.7 Å². The maximum atomic E-state index is 13.0. The number of benzene rings is 1. The lowest BCUT2D eigenvalue weighted by atomic mass is 10.1. The van der Waals surface area contributed by atoms with Gasteiger partial charge in [0.15, 0.2) is 0 Å². The van der Waals surface area contributed by atoms with Gasteiger partial charge in [-0.3, -0.25) is 9.59 Å². The number of carbonyl (C=O) groups excluding carboxylic acids is 2. The second kappa shape index (κ2) is 12.4. The molecule has 0 radical (unpaired) electrons. The van der Waals surface area contributed by atoms with Crippen molar-refractivity contribution in [2.75, 3.05) is 6.61 Å². The molecule has 1 rings (SSSR count). The zero-order valence-corrected chi connectivity index (χ0v) is 14.7. The van der Waals surface area contributed by atoms with E-state index in [1.807, 2.05) is 6.92 Å². The van der Waals surface area contributed by atoms with Crippen molar-refractivity contribution < 1.29 is 27.8 Å². The molecule has 140 valence electrons. The van der Waals surface area contributed by atoms with Crippen molar-refractivity contribution in [1.29, 1.82) is 0 Å². The predicted octanol–water partition coefficient (Wildman–Crippen LogP) is 4.94. The van der Waals surface area contributed by atoms with Crippen LogP contribution in [-0.4, -0.2) is 18.5 Å². The monoisotopic (exact) mass is 356 g/mol. The summed E-state index contributed by atoms with van der Waals surface area (Å²) in [4.78, 5) is 22.9. The van der Waals surface area contributed by atoms with Crippen molar-refractivity contribution in [2.24, 2.45) is 0 Å². The van der Waals surface area contributed by atoms with Crippen molar-refractivity contribution in [1.82, 2.24) is 0 Å². The SMILES string of the molecule is CCCOC(=O)CCCCCCCCC(=O)Oc1cc(F)cc(F)c1. The number of halogens is 2. The van der Waals surface area contributed by atoms with Crippen molar-refractivity contribution >= 4 is 11.9 Å². The fraction of sp³-hybridized carbons (Fsp3) is 0.579. The maximum Gasteiger partial charge on any atom is 0.311 e. The number of hydrogen-bond donors (Lipinski definition) is 0. The Kier molecular flexibility index (Phi) is 10.4. The van der Waals surface area contributed by atoms with Crippen LogP contribution >= 0.6 is 0 Å². The van der Waals surface area contributed by atoms with Gasteiger partial charge in [0.1, 0.15) is 17.4 Å². The summed E-state index contributed by atoms with van der Waals surface area (Å²) in [5, 5.41) is 0. The molecule has 0 aliphatic heterocycles. The summed E-state index contributed by atoms with van der Waals surface area (Å²) < 4.78 is 35.9. The number of carbonyl (C=O) groups is 2. The lowest BCUT2D eigenvalue weighted by Gasteiger charge is -2.05. The predicted molar refractivity (Wildman–Crippen MR) is 90.2 cm³/mol. The highest BCUT2D eigenvalue weighted by Crippen LogP contribution is 2.16. The molecule has 0 fully saturated rings. The van der Waals surface area contributed by atoms with Gasteiger partial charge in [0.2, 0.25) is 0 Å². The van der Waals surface area contributed by atoms with E-state index >= 15 is 0 Å². The van der Waals surface area contributed by atoms with Crippen molar-refractivity contribution in [3.63, 3.8) is 0 Å². The Hall–Kier alpha value is -1.98. The third kappa shape index (κ3) is 10.5. The smallest absolute Gasteiger partial charge is 0.311 e. The average molecular weight is 356 g/mol. The van der Waals surface area contributed by atoms with Gasteiger partial charge in [-0.05, 0) is 19.3 Å². The summed E-state index contributed by atoms with van der Waals surface area (Å²) in [5.41, 5.74) is 0. The van der Waals surface area contributed by atoms with Crippen molar-refractivity contribution in [3.05, 3.63) is 29.8 Å². The van der Waals surface area contributed by atoms with Crippen molar-refractivity contribution in [3.8, 4) is 5.75 Å². The summed E-state index contributed by atoms with van der Waals surface area (Å²) in [6, 6.07) is 2.68. The molecule has 0 saturated carbocycles. The van der Waals surface area contributed by atoms with Gasteiger partial charge in [0.05, 0.1) is 6.61 Å². The molecule has 0 aliphatic carbocycles. The van der Waals surface area contributed by atoms with Gasteiger partial charge in [-0.1, -0.05) is 32.6 Å². The van der Waals surface area contributed by atoms with Gasteiger partial charge < -0.3 is 9.47 Å². The summed E-state index contributed by atoms with van der Waals surface area (Å²) in [6.45, 7) is 2.44. The van der Waals surface area contributed by atoms with E-state index in [4.69, 9.17) is 9.47 Å². The quantitative estimate of drug-likeness (QED) is 0.302. The van der Waals surface area contributed by atoms with E-state index in [-0.39, 0.29) is 18.1 Å². The van der Waals surface area contributed by atoms with Crippen LogP contribution in [-0.2, 0) is 14.3 Å². The van der Waals surface area contributed by atoms with Gasteiger partial charge in [-0.25, -0.2) is 8.78 Å². The molecule has 6 heteroatoms. The topological polar surface area (TPSA) is 52.6 Å². The highest BCUT2D eigenvalue weighted by molar-refractivity contribution is 5.72.